The number of amides is 1. The second kappa shape index (κ2) is 7.64. The Balaban J connectivity index is 1.54. The molecule has 2 atom stereocenters. The summed E-state index contributed by atoms with van der Waals surface area (Å²) >= 11 is 0. The normalized spacial score (nSPS) is 26.5. The average Bonchev–Trinajstić information content (AvgIpc) is 2.56. The SMILES string of the molecule is Cc1cccc(CC(=O)N2CC[C@@H](N3CCC(O)CC3)[C@H](O)C2)c1. The van der Waals surface area contributed by atoms with Crippen molar-refractivity contribution in [1.29, 1.82) is 0 Å². The van der Waals surface area contributed by atoms with Gasteiger partial charge in [-0.25, -0.2) is 0 Å². The number of aryl methyl sites for hydroxylation is 1. The van der Waals surface area contributed by atoms with E-state index in [1.54, 1.807) is 4.90 Å². The molecule has 0 bridgehead atoms. The number of nitrogens with zero attached hydrogens (tertiary/aromatic N) is 2. The predicted molar refractivity (Wildman–Crippen MR) is 92.7 cm³/mol. The smallest absolute Gasteiger partial charge is 0.227 e. The highest BCUT2D eigenvalue weighted by atomic mass is 16.3. The maximum Gasteiger partial charge on any atom is 0.227 e. The molecule has 0 saturated carbocycles. The van der Waals surface area contributed by atoms with Crippen LogP contribution in [-0.2, 0) is 11.2 Å². The minimum Gasteiger partial charge on any atom is -0.393 e. The fourth-order valence-electron chi connectivity index (χ4n) is 3.90. The van der Waals surface area contributed by atoms with Crippen molar-refractivity contribution in [3.8, 4) is 0 Å². The van der Waals surface area contributed by atoms with E-state index < -0.39 is 6.10 Å². The van der Waals surface area contributed by atoms with Gasteiger partial charge in [-0.15, -0.1) is 0 Å². The van der Waals surface area contributed by atoms with E-state index in [0.717, 1.165) is 43.5 Å². The van der Waals surface area contributed by atoms with Gasteiger partial charge in [0.15, 0.2) is 0 Å². The molecule has 2 saturated heterocycles. The first-order valence-corrected chi connectivity index (χ1v) is 8.96. The van der Waals surface area contributed by atoms with Gasteiger partial charge in [-0.3, -0.25) is 9.69 Å². The second-order valence-corrected chi connectivity index (χ2v) is 7.20. The molecule has 132 valence electrons. The van der Waals surface area contributed by atoms with Gasteiger partial charge in [0.2, 0.25) is 5.91 Å². The van der Waals surface area contributed by atoms with Gasteiger partial charge in [0.25, 0.3) is 0 Å². The van der Waals surface area contributed by atoms with E-state index in [4.69, 9.17) is 0 Å². The zero-order chi connectivity index (χ0) is 17.1. The van der Waals surface area contributed by atoms with Crippen molar-refractivity contribution >= 4 is 5.91 Å². The zero-order valence-corrected chi connectivity index (χ0v) is 14.4. The van der Waals surface area contributed by atoms with Gasteiger partial charge in [0.05, 0.1) is 18.6 Å². The van der Waals surface area contributed by atoms with Crippen LogP contribution in [0.3, 0.4) is 0 Å². The maximum absolute atomic E-state index is 12.5. The molecular weight excluding hydrogens is 304 g/mol. The Hall–Kier alpha value is -1.43. The van der Waals surface area contributed by atoms with Gasteiger partial charge in [0, 0.05) is 32.2 Å². The van der Waals surface area contributed by atoms with Gasteiger partial charge in [-0.2, -0.15) is 0 Å². The van der Waals surface area contributed by atoms with Crippen molar-refractivity contribution in [3.05, 3.63) is 35.4 Å². The number of hydrogen-bond acceptors (Lipinski definition) is 4. The van der Waals surface area contributed by atoms with Crippen molar-refractivity contribution in [3.63, 3.8) is 0 Å². The number of aliphatic hydroxyl groups excluding tert-OH is 2. The average molecular weight is 332 g/mol. The number of aliphatic hydroxyl groups is 2. The molecule has 0 unspecified atom stereocenters. The van der Waals surface area contributed by atoms with Crippen molar-refractivity contribution in [1.82, 2.24) is 9.80 Å². The largest absolute Gasteiger partial charge is 0.393 e. The Kier molecular flexibility index (Phi) is 5.54. The Morgan fingerprint density at radius 2 is 1.92 bits per heavy atom. The molecule has 0 aliphatic carbocycles. The van der Waals surface area contributed by atoms with E-state index in [-0.39, 0.29) is 18.1 Å². The van der Waals surface area contributed by atoms with Gasteiger partial charge in [-0.05, 0) is 31.7 Å². The van der Waals surface area contributed by atoms with E-state index >= 15 is 0 Å². The summed E-state index contributed by atoms with van der Waals surface area (Å²) < 4.78 is 0. The van der Waals surface area contributed by atoms with Crippen molar-refractivity contribution in [2.24, 2.45) is 0 Å². The van der Waals surface area contributed by atoms with Crippen LogP contribution in [0.2, 0.25) is 0 Å². The van der Waals surface area contributed by atoms with Gasteiger partial charge in [-0.1, -0.05) is 29.8 Å². The summed E-state index contributed by atoms with van der Waals surface area (Å²) in [4.78, 5) is 16.6. The van der Waals surface area contributed by atoms with Crippen molar-refractivity contribution in [2.45, 2.75) is 50.9 Å². The van der Waals surface area contributed by atoms with Gasteiger partial charge < -0.3 is 15.1 Å². The summed E-state index contributed by atoms with van der Waals surface area (Å²) in [5, 5.41) is 20.1. The second-order valence-electron chi connectivity index (χ2n) is 7.20. The highest BCUT2D eigenvalue weighted by Gasteiger charge is 2.35. The molecule has 3 rings (SSSR count). The topological polar surface area (TPSA) is 64.0 Å². The van der Waals surface area contributed by atoms with Crippen molar-refractivity contribution < 1.29 is 15.0 Å². The molecule has 1 aromatic carbocycles. The number of carbonyl (C=O) groups is 1. The number of piperidine rings is 2. The minimum atomic E-state index is -0.504. The first kappa shape index (κ1) is 17.4. The zero-order valence-electron chi connectivity index (χ0n) is 14.4. The number of benzene rings is 1. The van der Waals surface area contributed by atoms with Crippen LogP contribution < -0.4 is 0 Å². The molecule has 0 radical (unpaired) electrons. The van der Waals surface area contributed by atoms with Crippen LogP contribution in [0, 0.1) is 6.92 Å². The highest BCUT2D eigenvalue weighted by molar-refractivity contribution is 5.79. The summed E-state index contributed by atoms with van der Waals surface area (Å²) in [6.45, 7) is 4.80. The fourth-order valence-corrected chi connectivity index (χ4v) is 3.90. The molecule has 2 fully saturated rings. The molecule has 1 aromatic rings. The number of hydrogen-bond donors (Lipinski definition) is 2. The quantitative estimate of drug-likeness (QED) is 0.865. The molecule has 24 heavy (non-hydrogen) atoms. The van der Waals surface area contributed by atoms with E-state index in [0.29, 0.717) is 19.5 Å². The Morgan fingerprint density at radius 1 is 1.17 bits per heavy atom. The molecular formula is C19H28N2O3. The molecule has 2 aliphatic rings. The van der Waals surface area contributed by atoms with Crippen LogP contribution >= 0.6 is 0 Å². The number of β-amino-alcohol motifs (C(OH)–C–C–N with tert-alkyl or cyclic N) is 1. The molecule has 2 aliphatic heterocycles. The standard InChI is InChI=1S/C19H28N2O3/c1-14-3-2-4-15(11-14)12-19(24)21-10-7-17(18(23)13-21)20-8-5-16(22)6-9-20/h2-4,11,16-18,22-23H,5-10,12-13H2,1H3/t17-,18-/m1/s1. The molecule has 0 aromatic heterocycles. The van der Waals surface area contributed by atoms with Crippen LogP contribution in [0.1, 0.15) is 30.4 Å². The van der Waals surface area contributed by atoms with Crippen LogP contribution in [0.5, 0.6) is 0 Å². The van der Waals surface area contributed by atoms with Crippen LogP contribution in [-0.4, -0.2) is 70.3 Å². The lowest BCUT2D eigenvalue weighted by molar-refractivity contribution is -0.136. The van der Waals surface area contributed by atoms with Crippen LogP contribution in [0.4, 0.5) is 0 Å². The summed E-state index contributed by atoms with van der Waals surface area (Å²) in [7, 11) is 0. The number of likely N-dealkylation sites (tertiary alicyclic amines) is 2. The van der Waals surface area contributed by atoms with E-state index in [1.807, 2.05) is 31.2 Å². The Labute approximate surface area is 143 Å². The fraction of sp³-hybridized carbons (Fsp3) is 0.632. The minimum absolute atomic E-state index is 0.0900. The van der Waals surface area contributed by atoms with Gasteiger partial charge in [0.1, 0.15) is 0 Å². The third-order valence-corrected chi connectivity index (χ3v) is 5.31. The number of carbonyl (C=O) groups excluding carboxylic acids is 1. The monoisotopic (exact) mass is 332 g/mol. The molecule has 0 spiro atoms. The van der Waals surface area contributed by atoms with Gasteiger partial charge >= 0.3 is 0 Å². The molecule has 1 amide bonds. The third-order valence-electron chi connectivity index (χ3n) is 5.31. The van der Waals surface area contributed by atoms with Crippen LogP contribution in [0.25, 0.3) is 0 Å². The first-order valence-electron chi connectivity index (χ1n) is 8.96. The molecule has 5 heteroatoms. The lowest BCUT2D eigenvalue weighted by atomic mass is 9.96. The predicted octanol–water partition coefficient (Wildman–Crippen LogP) is 0.956. The Morgan fingerprint density at radius 3 is 2.58 bits per heavy atom. The Bertz CT molecular complexity index is 569. The molecule has 5 nitrogen and oxygen atoms in total. The first-order chi connectivity index (χ1) is 11.5. The third kappa shape index (κ3) is 4.15. The lowest BCUT2D eigenvalue weighted by Gasteiger charge is -2.43. The van der Waals surface area contributed by atoms with E-state index in [2.05, 4.69) is 4.90 Å². The number of rotatable bonds is 3. The summed E-state index contributed by atoms with van der Waals surface area (Å²) in [5.41, 5.74) is 2.19. The summed E-state index contributed by atoms with van der Waals surface area (Å²) in [6.07, 6.45) is 2.05. The van der Waals surface area contributed by atoms with Crippen LogP contribution in [0.15, 0.2) is 24.3 Å². The summed E-state index contributed by atoms with van der Waals surface area (Å²) in [6, 6.07) is 8.14. The summed E-state index contributed by atoms with van der Waals surface area (Å²) in [5.74, 6) is 0.0900. The molecule has 2 heterocycles. The van der Waals surface area contributed by atoms with Crippen molar-refractivity contribution in [2.75, 3.05) is 26.2 Å². The highest BCUT2D eigenvalue weighted by Crippen LogP contribution is 2.22. The maximum atomic E-state index is 12.5. The van der Waals surface area contributed by atoms with E-state index in [1.165, 1.54) is 0 Å². The lowest BCUT2D eigenvalue weighted by Crippen LogP contribution is -2.57. The molecule has 2 N–H and O–H groups in total. The van der Waals surface area contributed by atoms with E-state index in [9.17, 15) is 15.0 Å².